The lowest BCUT2D eigenvalue weighted by Crippen LogP contribution is -2.58. The number of anilines is 1. The van der Waals surface area contributed by atoms with Crippen LogP contribution >= 0.6 is 22.6 Å². The number of aliphatic imine (C=N–C) groups is 1. The molecule has 12 heteroatoms. The molecule has 0 radical (unpaired) electrons. The molecular formula is C26H23FIN5O5. The molecule has 5 rings (SSSR count). The van der Waals surface area contributed by atoms with Crippen molar-refractivity contribution in [3.63, 3.8) is 0 Å². The summed E-state index contributed by atoms with van der Waals surface area (Å²) in [7, 11) is 1.33. The summed E-state index contributed by atoms with van der Waals surface area (Å²) in [5.74, 6) is -2.05. The number of carbonyl (C=O) groups excluding carboxylic acids is 2. The third-order valence-electron chi connectivity index (χ3n) is 6.49. The molecule has 0 bridgehead atoms. The Balaban J connectivity index is 1.90. The van der Waals surface area contributed by atoms with Crippen LogP contribution in [0.5, 0.6) is 0 Å². The van der Waals surface area contributed by atoms with Gasteiger partial charge in [0.15, 0.2) is 11.4 Å². The number of aromatic nitrogens is 2. The molecule has 1 unspecified atom stereocenters. The maximum Gasteiger partial charge on any atom is 0.336 e. The summed E-state index contributed by atoms with van der Waals surface area (Å²) in [6.45, 7) is 2.53. The Morgan fingerprint density at radius 2 is 1.89 bits per heavy atom. The molecule has 2 heterocycles. The average molecular weight is 631 g/mol. The lowest BCUT2D eigenvalue weighted by Gasteiger charge is -2.37. The van der Waals surface area contributed by atoms with E-state index in [4.69, 9.17) is 0 Å². The van der Waals surface area contributed by atoms with Crippen molar-refractivity contribution in [1.82, 2.24) is 14.0 Å². The van der Waals surface area contributed by atoms with Gasteiger partial charge < -0.3 is 10.4 Å². The number of halogens is 2. The van der Waals surface area contributed by atoms with Crippen LogP contribution in [0.25, 0.3) is 5.69 Å². The van der Waals surface area contributed by atoms with Crippen LogP contribution in [-0.2, 0) is 15.2 Å². The number of aliphatic hydroxyl groups is 1. The molecular weight excluding hydrogens is 608 g/mol. The number of fused-ring (bicyclic) bond motifs is 1. The highest BCUT2D eigenvalue weighted by atomic mass is 127. The zero-order valence-electron chi connectivity index (χ0n) is 20.7. The quantitative estimate of drug-likeness (QED) is 0.429. The SMILES string of the molecule is CC(=O)Nc1cccc(-n2c3c(c(=O)n(C4CC4)c2=O)C(=Nc2ccc(I)cc2F)N(C)C(=O)C3(C)O)c1. The van der Waals surface area contributed by atoms with Gasteiger partial charge in [-0.15, -0.1) is 0 Å². The summed E-state index contributed by atoms with van der Waals surface area (Å²) in [5.41, 5.74) is -3.78. The molecule has 1 aliphatic heterocycles. The second-order valence-corrected chi connectivity index (χ2v) is 10.7. The number of likely N-dealkylation sites (N-methyl/N-ethyl adjacent to an activating group) is 1. The number of nitrogens with zero attached hydrogens (tertiary/aromatic N) is 4. The number of amides is 2. The first-order chi connectivity index (χ1) is 17.9. The summed E-state index contributed by atoms with van der Waals surface area (Å²) in [4.78, 5) is 58.1. The second kappa shape index (κ2) is 9.27. The third-order valence-corrected chi connectivity index (χ3v) is 7.16. The predicted octanol–water partition coefficient (Wildman–Crippen LogP) is 2.79. The lowest BCUT2D eigenvalue weighted by molar-refractivity contribution is -0.146. The summed E-state index contributed by atoms with van der Waals surface area (Å²) in [6.07, 6.45) is 1.20. The largest absolute Gasteiger partial charge is 0.374 e. The van der Waals surface area contributed by atoms with Crippen molar-refractivity contribution < 1.29 is 19.1 Å². The van der Waals surface area contributed by atoms with Crippen molar-refractivity contribution in [1.29, 1.82) is 0 Å². The molecule has 0 spiro atoms. The molecule has 0 saturated heterocycles. The van der Waals surface area contributed by atoms with Crippen LogP contribution in [0.1, 0.15) is 44.0 Å². The average Bonchev–Trinajstić information content (AvgIpc) is 3.67. The van der Waals surface area contributed by atoms with Gasteiger partial charge in [0.2, 0.25) is 5.91 Å². The van der Waals surface area contributed by atoms with Gasteiger partial charge in [0.05, 0.1) is 11.4 Å². The molecule has 38 heavy (non-hydrogen) atoms. The van der Waals surface area contributed by atoms with Crippen LogP contribution in [-0.4, -0.2) is 43.8 Å². The fourth-order valence-corrected chi connectivity index (χ4v) is 5.07. The van der Waals surface area contributed by atoms with E-state index in [1.807, 2.05) is 22.6 Å². The van der Waals surface area contributed by atoms with Gasteiger partial charge in [-0.1, -0.05) is 6.07 Å². The van der Waals surface area contributed by atoms with Gasteiger partial charge in [-0.3, -0.25) is 28.4 Å². The Morgan fingerprint density at radius 3 is 2.53 bits per heavy atom. The number of nitrogens with one attached hydrogen (secondary N) is 1. The van der Waals surface area contributed by atoms with Crippen molar-refractivity contribution in [3.8, 4) is 5.69 Å². The first kappa shape index (κ1) is 26.0. The van der Waals surface area contributed by atoms with Crippen molar-refractivity contribution in [2.45, 2.75) is 38.3 Å². The second-order valence-electron chi connectivity index (χ2n) is 9.45. The van der Waals surface area contributed by atoms with Gasteiger partial charge in [-0.2, -0.15) is 0 Å². The highest BCUT2D eigenvalue weighted by Gasteiger charge is 2.49. The monoisotopic (exact) mass is 631 g/mol. The normalized spacial score (nSPS) is 20.0. The van der Waals surface area contributed by atoms with Crippen LogP contribution in [0.4, 0.5) is 15.8 Å². The number of carbonyl (C=O) groups is 2. The molecule has 2 N–H and O–H groups in total. The Kier molecular flexibility index (Phi) is 6.34. The number of amidine groups is 1. The van der Waals surface area contributed by atoms with E-state index in [2.05, 4.69) is 10.3 Å². The maximum atomic E-state index is 14.8. The van der Waals surface area contributed by atoms with Crippen LogP contribution in [0, 0.1) is 9.39 Å². The standard InChI is InChI=1S/C26H23FIN5O5/c1-13(34)29-15-5-4-6-17(12-15)32-21-20(23(35)33(25(32)37)16-8-9-16)22(31(3)24(36)26(21,2)38)30-19-10-7-14(28)11-18(19)27/h4-7,10-12,16,38H,8-9H2,1-3H3,(H,29,34). The number of rotatable bonds is 4. The van der Waals surface area contributed by atoms with Crippen molar-refractivity contribution >= 4 is 51.6 Å². The van der Waals surface area contributed by atoms with Crippen LogP contribution < -0.4 is 16.6 Å². The Morgan fingerprint density at radius 1 is 1.18 bits per heavy atom. The van der Waals surface area contributed by atoms with Crippen LogP contribution in [0.15, 0.2) is 57.0 Å². The van der Waals surface area contributed by atoms with E-state index in [1.54, 1.807) is 24.3 Å². The highest BCUT2D eigenvalue weighted by molar-refractivity contribution is 14.1. The molecule has 1 atom stereocenters. The van der Waals surface area contributed by atoms with Crippen molar-refractivity contribution in [2.24, 2.45) is 4.99 Å². The molecule has 1 fully saturated rings. The third kappa shape index (κ3) is 4.26. The summed E-state index contributed by atoms with van der Waals surface area (Å²) >= 11 is 1.95. The zero-order valence-corrected chi connectivity index (χ0v) is 22.8. The van der Waals surface area contributed by atoms with E-state index >= 15 is 0 Å². The van der Waals surface area contributed by atoms with Gasteiger partial charge in [0, 0.05) is 29.3 Å². The van der Waals surface area contributed by atoms with Gasteiger partial charge >= 0.3 is 5.69 Å². The minimum Gasteiger partial charge on any atom is -0.374 e. The topological polar surface area (TPSA) is 126 Å². The minimum atomic E-state index is -2.31. The van der Waals surface area contributed by atoms with Crippen LogP contribution in [0.3, 0.4) is 0 Å². The summed E-state index contributed by atoms with van der Waals surface area (Å²) in [5, 5.41) is 14.1. The number of hydrogen-bond donors (Lipinski definition) is 2. The fourth-order valence-electron chi connectivity index (χ4n) is 4.62. The Labute approximate surface area is 229 Å². The Bertz CT molecular complexity index is 1670. The van der Waals surface area contributed by atoms with E-state index in [0.29, 0.717) is 22.1 Å². The number of benzene rings is 2. The van der Waals surface area contributed by atoms with Gasteiger partial charge in [-0.05, 0) is 78.8 Å². The number of hydrogen-bond acceptors (Lipinski definition) is 6. The molecule has 2 aromatic carbocycles. The molecule has 3 aromatic rings. The molecule has 196 valence electrons. The van der Waals surface area contributed by atoms with Gasteiger partial charge in [-0.25, -0.2) is 14.2 Å². The van der Waals surface area contributed by atoms with E-state index in [0.717, 1.165) is 14.0 Å². The first-order valence-corrected chi connectivity index (χ1v) is 12.8. The van der Waals surface area contributed by atoms with Crippen LogP contribution in [0.2, 0.25) is 0 Å². The molecule has 1 saturated carbocycles. The maximum absolute atomic E-state index is 14.8. The lowest BCUT2D eigenvalue weighted by atomic mass is 9.90. The Hall–Kier alpha value is -3.65. The zero-order chi connectivity index (χ0) is 27.5. The highest BCUT2D eigenvalue weighted by Crippen LogP contribution is 2.36. The van der Waals surface area contributed by atoms with Crippen molar-refractivity contribution in [2.75, 3.05) is 12.4 Å². The van der Waals surface area contributed by atoms with Gasteiger partial charge in [0.1, 0.15) is 17.1 Å². The summed E-state index contributed by atoms with van der Waals surface area (Å²) in [6, 6.07) is 10.2. The van der Waals surface area contributed by atoms with E-state index < -0.39 is 28.6 Å². The smallest absolute Gasteiger partial charge is 0.336 e. The first-order valence-electron chi connectivity index (χ1n) is 11.8. The molecule has 2 aliphatic rings. The van der Waals surface area contributed by atoms with Crippen molar-refractivity contribution in [3.05, 3.63) is 83.9 Å². The minimum absolute atomic E-state index is 0.115. The summed E-state index contributed by atoms with van der Waals surface area (Å²) < 4.78 is 17.6. The predicted molar refractivity (Wildman–Crippen MR) is 147 cm³/mol. The van der Waals surface area contributed by atoms with E-state index in [-0.39, 0.29) is 40.4 Å². The van der Waals surface area contributed by atoms with E-state index in [1.165, 1.54) is 39.1 Å². The van der Waals surface area contributed by atoms with E-state index in [9.17, 15) is 28.7 Å². The van der Waals surface area contributed by atoms with Gasteiger partial charge in [0.25, 0.3) is 11.5 Å². The molecule has 1 aromatic heterocycles. The molecule has 10 nitrogen and oxygen atoms in total. The molecule has 2 amide bonds. The fraction of sp³-hybridized carbons (Fsp3) is 0.269. The molecule has 1 aliphatic carbocycles.